The maximum atomic E-state index is 6.69. The molecule has 0 spiro atoms. The topological polar surface area (TPSA) is 115 Å². The number of hydrogen-bond donors (Lipinski definition) is 2. The zero-order valence-electron chi connectivity index (χ0n) is 4.39. The van der Waals surface area contributed by atoms with Gasteiger partial charge in [0.05, 0.1) is 0 Å². The van der Waals surface area contributed by atoms with Crippen molar-refractivity contribution in [2.75, 3.05) is 0 Å². The van der Waals surface area contributed by atoms with Gasteiger partial charge in [-0.1, -0.05) is 0 Å². The number of thiol groups is 1. The molecule has 0 saturated heterocycles. The predicted molar refractivity (Wildman–Crippen MR) is 23.6 cm³/mol. The maximum Gasteiger partial charge on any atom is 1.00 e. The molecule has 4 nitrogen and oxygen atoms in total. The summed E-state index contributed by atoms with van der Waals surface area (Å²) in [6, 6.07) is 0. The Morgan fingerprint density at radius 3 is 1.00 bits per heavy atom. The smallest absolute Gasteiger partial charge is 1.00 e. The second-order valence-electron chi connectivity index (χ2n) is 0. The van der Waals surface area contributed by atoms with E-state index in [1.807, 2.05) is 0 Å². The third-order valence-corrected chi connectivity index (χ3v) is 0. The van der Waals surface area contributed by atoms with Gasteiger partial charge in [0.2, 0.25) is 0 Å². The molecule has 0 atom stereocenters. The van der Waals surface area contributed by atoms with Crippen LogP contribution in [0.5, 0.6) is 0 Å². The van der Waals surface area contributed by atoms with Crippen LogP contribution in [0.3, 0.4) is 0 Å². The van der Waals surface area contributed by atoms with Crippen molar-refractivity contribution in [3.05, 3.63) is 0 Å². The summed E-state index contributed by atoms with van der Waals surface area (Å²) in [4.78, 5) is 0. The van der Waals surface area contributed by atoms with E-state index >= 15 is 0 Å². The summed E-state index contributed by atoms with van der Waals surface area (Å²) in [5.74, 6) is 0. The van der Waals surface area contributed by atoms with Gasteiger partial charge in [0.1, 0.15) is 0 Å². The largest absolute Gasteiger partial charge is 1.00 e. The Balaban J connectivity index is -0.000000000500. The molecule has 0 aliphatic carbocycles. The minimum atomic E-state index is 0. The number of hydrogen-bond acceptors (Lipinski definition) is 2. The van der Waals surface area contributed by atoms with Crippen LogP contribution in [0.15, 0.2) is 0 Å². The van der Waals surface area contributed by atoms with Gasteiger partial charge >= 0.3 is 29.6 Å². The molecular weight excluding hydrogens is 119 g/mol. The van der Waals surface area contributed by atoms with Gasteiger partial charge in [-0.05, 0) is 12.9 Å². The minimum Gasteiger partial charge on any atom is -1.00 e. The Bertz CT molecular complexity index is 11.7. The van der Waals surface area contributed by atoms with E-state index in [9.17, 15) is 0 Å². The molecule has 6 heteroatoms. The van der Waals surface area contributed by atoms with Gasteiger partial charge in [-0.3, -0.25) is 0 Å². The Morgan fingerprint density at radius 1 is 1.00 bits per heavy atom. The summed E-state index contributed by atoms with van der Waals surface area (Å²) >= 11 is 2.53. The molecule has 0 fully saturated rings. The van der Waals surface area contributed by atoms with Crippen molar-refractivity contribution in [3.8, 4) is 0 Å². The van der Waals surface area contributed by atoms with E-state index in [0.717, 1.165) is 0 Å². The molecule has 0 amide bonds. The summed E-state index contributed by atoms with van der Waals surface area (Å²) < 4.78 is 6.69. The summed E-state index contributed by atoms with van der Waals surface area (Å²) in [7, 11) is 0. The standard InChI is InChI=1S/Na.H2OS.3H2O.H/c;1-2;;;;/h;1-2H;3*1H2;/q+1;;;;;-1. The fraction of sp³-hybridized carbons (Fsp3) is 0. The summed E-state index contributed by atoms with van der Waals surface area (Å²) in [5.41, 5.74) is 0. The Morgan fingerprint density at radius 2 is 1.00 bits per heavy atom. The van der Waals surface area contributed by atoms with Crippen molar-refractivity contribution in [2.45, 2.75) is 0 Å². The first-order valence-corrected chi connectivity index (χ1v) is 0.600. The van der Waals surface area contributed by atoms with Crippen molar-refractivity contribution in [3.63, 3.8) is 0 Å². The van der Waals surface area contributed by atoms with Crippen molar-refractivity contribution < 1.29 is 52.0 Å². The molecule has 7 N–H and O–H groups in total. The average Bonchev–Trinajstić information content (AvgIpc) is 1.00. The molecule has 0 aliphatic heterocycles. The molecule has 0 heterocycles. The molecule has 0 rings (SSSR count). The van der Waals surface area contributed by atoms with E-state index in [2.05, 4.69) is 12.9 Å². The first-order chi connectivity index (χ1) is 1.00. The van der Waals surface area contributed by atoms with Gasteiger partial charge in [0, 0.05) is 0 Å². The van der Waals surface area contributed by atoms with Crippen LogP contribution in [-0.2, 0) is 0 Å². The predicted octanol–water partition coefficient (Wildman–Crippen LogP) is -4.97. The first-order valence-electron chi connectivity index (χ1n) is 0.200. The zero-order valence-corrected chi connectivity index (χ0v) is 6.29. The molecule has 0 radical (unpaired) electrons. The Hall–Kier alpha value is 1.19. The summed E-state index contributed by atoms with van der Waals surface area (Å²) in [6.45, 7) is 0. The van der Waals surface area contributed by atoms with Gasteiger partial charge < -0.3 is 22.4 Å². The molecule has 0 aromatic rings. The van der Waals surface area contributed by atoms with Crippen LogP contribution in [0.4, 0.5) is 0 Å². The fourth-order valence-electron chi connectivity index (χ4n) is 0. The summed E-state index contributed by atoms with van der Waals surface area (Å²) in [5, 5.41) is 0. The van der Waals surface area contributed by atoms with Crippen LogP contribution < -0.4 is 29.6 Å². The minimum absolute atomic E-state index is 0. The summed E-state index contributed by atoms with van der Waals surface area (Å²) in [6.07, 6.45) is 0. The van der Waals surface area contributed by atoms with E-state index < -0.39 is 0 Å². The molecular formula is H9NaO4S. The van der Waals surface area contributed by atoms with Crippen molar-refractivity contribution >= 4 is 12.9 Å². The Kier molecular flexibility index (Phi) is 1130. The molecule has 0 bridgehead atoms. The average molecular weight is 128 g/mol. The molecule has 0 aliphatic rings. The van der Waals surface area contributed by atoms with Gasteiger partial charge in [-0.2, -0.15) is 0 Å². The van der Waals surface area contributed by atoms with E-state index in [-0.39, 0.29) is 47.4 Å². The second kappa shape index (κ2) is 118. The van der Waals surface area contributed by atoms with E-state index in [1.165, 1.54) is 0 Å². The van der Waals surface area contributed by atoms with Gasteiger partial charge in [-0.15, -0.1) is 0 Å². The van der Waals surface area contributed by atoms with Crippen molar-refractivity contribution in [2.24, 2.45) is 0 Å². The van der Waals surface area contributed by atoms with Gasteiger partial charge in [0.25, 0.3) is 0 Å². The normalized spacial score (nSPS) is 1.00. The van der Waals surface area contributed by atoms with Crippen LogP contribution in [-0.4, -0.2) is 21.0 Å². The zero-order chi connectivity index (χ0) is 2.00. The molecule has 0 aromatic carbocycles. The van der Waals surface area contributed by atoms with Crippen molar-refractivity contribution in [1.29, 1.82) is 0 Å². The van der Waals surface area contributed by atoms with E-state index in [4.69, 9.17) is 4.55 Å². The monoisotopic (exact) mass is 128 g/mol. The Labute approximate surface area is 64.9 Å². The third-order valence-electron chi connectivity index (χ3n) is 0. The van der Waals surface area contributed by atoms with Crippen molar-refractivity contribution in [1.82, 2.24) is 0 Å². The van der Waals surface area contributed by atoms with Gasteiger partial charge in [0.15, 0.2) is 0 Å². The molecule has 0 unspecified atom stereocenters. The van der Waals surface area contributed by atoms with Crippen LogP contribution in [0.1, 0.15) is 1.43 Å². The van der Waals surface area contributed by atoms with E-state index in [1.54, 1.807) is 0 Å². The molecule has 0 saturated carbocycles. The van der Waals surface area contributed by atoms with Crippen LogP contribution >= 0.6 is 12.9 Å². The van der Waals surface area contributed by atoms with Gasteiger partial charge in [-0.25, -0.2) is 0 Å². The second-order valence-corrected chi connectivity index (χ2v) is 0. The van der Waals surface area contributed by atoms with Crippen LogP contribution in [0, 0.1) is 0 Å². The molecule has 6 heavy (non-hydrogen) atoms. The molecule has 40 valence electrons. The number of rotatable bonds is 0. The van der Waals surface area contributed by atoms with Crippen LogP contribution in [0.2, 0.25) is 0 Å². The van der Waals surface area contributed by atoms with E-state index in [0.29, 0.717) is 0 Å². The SMILES string of the molecule is O.O.O.OS.[H-].[Na+]. The quantitative estimate of drug-likeness (QED) is 0.190. The maximum absolute atomic E-state index is 6.69. The first kappa shape index (κ1) is 57.4. The molecule has 0 aromatic heterocycles. The van der Waals surface area contributed by atoms with Crippen LogP contribution in [0.25, 0.3) is 0 Å². The third kappa shape index (κ3) is 64.3. The fourth-order valence-corrected chi connectivity index (χ4v) is 0.